The monoisotopic (exact) mass is 369 g/mol. The van der Waals surface area contributed by atoms with Crippen molar-refractivity contribution < 1.29 is 4.79 Å². The number of hydrogen-bond donors (Lipinski definition) is 2. The van der Waals surface area contributed by atoms with Crippen molar-refractivity contribution in [2.45, 2.75) is 38.4 Å². The normalized spacial score (nSPS) is 19.3. The highest BCUT2D eigenvalue weighted by Crippen LogP contribution is 2.27. The summed E-state index contributed by atoms with van der Waals surface area (Å²) in [5.41, 5.74) is 4.73. The van der Waals surface area contributed by atoms with Gasteiger partial charge in [0.05, 0.1) is 12.7 Å². The maximum absolute atomic E-state index is 12.8. The fourth-order valence-electron chi connectivity index (χ4n) is 4.15. The number of nitrogens with zero attached hydrogens (tertiary/aromatic N) is 3. The number of aromatic nitrogens is 3. The van der Waals surface area contributed by atoms with E-state index in [0.717, 1.165) is 47.7 Å². The number of amides is 2. The van der Waals surface area contributed by atoms with Crippen LogP contribution in [0.3, 0.4) is 0 Å². The van der Waals surface area contributed by atoms with Crippen LogP contribution in [0.4, 0.5) is 4.79 Å². The molecule has 26 heavy (non-hydrogen) atoms. The molecule has 0 unspecified atom stereocenters. The largest absolute Gasteiger partial charge is 0.341 e. The second kappa shape index (κ2) is 6.06. The lowest BCUT2D eigenvalue weighted by molar-refractivity contribution is 0.179. The maximum atomic E-state index is 12.8. The number of urea groups is 1. The smallest absolute Gasteiger partial charge is 0.318 e. The van der Waals surface area contributed by atoms with Gasteiger partial charge < -0.3 is 14.8 Å². The fourth-order valence-corrected chi connectivity index (χ4v) is 4.31. The summed E-state index contributed by atoms with van der Waals surface area (Å²) in [6.45, 7) is 2.12. The number of benzene rings is 1. The predicted molar refractivity (Wildman–Crippen MR) is 100 cm³/mol. The number of nitrogens with one attached hydrogen (secondary N) is 2. The molecule has 0 saturated heterocycles. The Morgan fingerprint density at radius 2 is 2.23 bits per heavy atom. The average Bonchev–Trinajstić information content (AvgIpc) is 3.24. The van der Waals surface area contributed by atoms with Gasteiger partial charge in [0.15, 0.2) is 0 Å². The number of hydrogen-bond acceptors (Lipinski definition) is 2. The summed E-state index contributed by atoms with van der Waals surface area (Å²) < 4.78 is 2.27. The number of H-pyrrole nitrogens is 1. The Hall–Kier alpha value is -2.47. The van der Waals surface area contributed by atoms with Crippen LogP contribution in [-0.4, -0.2) is 38.3 Å². The van der Waals surface area contributed by atoms with Crippen LogP contribution in [0.15, 0.2) is 30.5 Å². The molecule has 6 nitrogen and oxygen atoms in total. The van der Waals surface area contributed by atoms with Crippen LogP contribution in [0.2, 0.25) is 5.02 Å². The van der Waals surface area contributed by atoms with Crippen molar-refractivity contribution in [2.24, 2.45) is 0 Å². The molecule has 0 spiro atoms. The molecular weight excluding hydrogens is 350 g/mol. The Kier molecular flexibility index (Phi) is 3.67. The van der Waals surface area contributed by atoms with E-state index in [1.807, 2.05) is 29.3 Å². The minimum Gasteiger partial charge on any atom is -0.341 e. The molecule has 0 radical (unpaired) electrons. The van der Waals surface area contributed by atoms with Gasteiger partial charge in [0.1, 0.15) is 0 Å². The van der Waals surface area contributed by atoms with Crippen LogP contribution in [0.25, 0.3) is 10.9 Å². The number of aromatic amines is 1. The Labute approximate surface area is 156 Å². The van der Waals surface area contributed by atoms with Gasteiger partial charge in [0.25, 0.3) is 0 Å². The van der Waals surface area contributed by atoms with E-state index in [9.17, 15) is 4.79 Å². The van der Waals surface area contributed by atoms with Crippen LogP contribution in [0.5, 0.6) is 0 Å². The minimum atomic E-state index is 0.0208. The van der Waals surface area contributed by atoms with Crippen LogP contribution < -0.4 is 5.32 Å². The highest BCUT2D eigenvalue weighted by Gasteiger charge is 2.26. The first-order valence-corrected chi connectivity index (χ1v) is 9.39. The molecule has 1 aliphatic heterocycles. The molecule has 0 fully saturated rings. The third-order valence-electron chi connectivity index (χ3n) is 5.53. The van der Waals surface area contributed by atoms with E-state index in [2.05, 4.69) is 26.1 Å². The number of rotatable bonds is 1. The van der Waals surface area contributed by atoms with Gasteiger partial charge in [-0.15, -0.1) is 0 Å². The summed E-state index contributed by atoms with van der Waals surface area (Å²) in [5, 5.41) is 12.3. The Bertz CT molecular complexity index is 991. The molecule has 1 aromatic carbocycles. The zero-order chi connectivity index (χ0) is 17.7. The highest BCUT2D eigenvalue weighted by molar-refractivity contribution is 6.31. The van der Waals surface area contributed by atoms with Crippen molar-refractivity contribution in [3.05, 3.63) is 52.4 Å². The molecule has 3 aromatic rings. The number of fused-ring (bicyclic) bond motifs is 4. The first-order valence-electron chi connectivity index (χ1n) is 9.01. The zero-order valence-corrected chi connectivity index (χ0v) is 15.1. The number of carbonyl (C=O) groups is 1. The predicted octanol–water partition coefficient (Wildman–Crippen LogP) is 3.10. The Morgan fingerprint density at radius 3 is 3.15 bits per heavy atom. The van der Waals surface area contributed by atoms with Gasteiger partial charge in [-0.25, -0.2) is 4.79 Å². The zero-order valence-electron chi connectivity index (χ0n) is 14.3. The first kappa shape index (κ1) is 15.8. The van der Waals surface area contributed by atoms with Crippen molar-refractivity contribution in [3.63, 3.8) is 0 Å². The summed E-state index contributed by atoms with van der Waals surface area (Å²) in [7, 11) is 0. The third kappa shape index (κ3) is 2.65. The molecule has 5 rings (SSSR count). The van der Waals surface area contributed by atoms with Gasteiger partial charge >= 0.3 is 6.03 Å². The SMILES string of the molecule is O=C(N[C@@H]1CCc2cn[nH]c2C1)N1CCn2c(cc3ccc(Cl)cc32)C1. The van der Waals surface area contributed by atoms with Crippen molar-refractivity contribution in [2.75, 3.05) is 6.54 Å². The topological polar surface area (TPSA) is 66.0 Å². The Morgan fingerprint density at radius 1 is 1.31 bits per heavy atom. The van der Waals surface area contributed by atoms with Crippen LogP contribution >= 0.6 is 11.6 Å². The minimum absolute atomic E-state index is 0.0208. The maximum Gasteiger partial charge on any atom is 0.318 e. The van der Waals surface area contributed by atoms with Crippen molar-refractivity contribution >= 4 is 28.5 Å². The van der Waals surface area contributed by atoms with E-state index in [1.54, 1.807) is 0 Å². The molecule has 0 saturated carbocycles. The number of aryl methyl sites for hydroxylation is 1. The van der Waals surface area contributed by atoms with Crippen molar-refractivity contribution in [3.8, 4) is 0 Å². The van der Waals surface area contributed by atoms with Gasteiger partial charge in [-0.05, 0) is 36.6 Å². The van der Waals surface area contributed by atoms with E-state index in [4.69, 9.17) is 11.6 Å². The van der Waals surface area contributed by atoms with Crippen LogP contribution in [0.1, 0.15) is 23.4 Å². The van der Waals surface area contributed by atoms with Crippen molar-refractivity contribution in [1.29, 1.82) is 0 Å². The highest BCUT2D eigenvalue weighted by atomic mass is 35.5. The first-order chi connectivity index (χ1) is 12.7. The molecule has 2 aromatic heterocycles. The van der Waals surface area contributed by atoms with Gasteiger partial charge in [-0.3, -0.25) is 5.10 Å². The number of halogens is 1. The molecule has 1 atom stereocenters. The standard InChI is InChI=1S/C19H20ClN5O/c20-14-3-1-12-7-16-11-24(5-6-25(16)18(12)8-14)19(26)22-15-4-2-13-10-21-23-17(13)9-15/h1,3,7-8,10,15H,2,4-6,9,11H2,(H,21,23)(H,22,26)/t15-/m1/s1. The number of carbonyl (C=O) groups excluding carboxylic acids is 1. The molecule has 0 bridgehead atoms. The fraction of sp³-hybridized carbons (Fsp3) is 0.368. The van der Waals surface area contributed by atoms with Gasteiger partial charge in [-0.1, -0.05) is 17.7 Å². The Balaban J connectivity index is 1.30. The third-order valence-corrected chi connectivity index (χ3v) is 5.77. The van der Waals surface area contributed by atoms with E-state index >= 15 is 0 Å². The van der Waals surface area contributed by atoms with Crippen LogP contribution in [0, 0.1) is 0 Å². The summed E-state index contributed by atoms with van der Waals surface area (Å²) >= 11 is 6.14. The summed E-state index contributed by atoms with van der Waals surface area (Å²) in [5.74, 6) is 0. The molecule has 3 heterocycles. The van der Waals surface area contributed by atoms with Gasteiger partial charge in [-0.2, -0.15) is 5.10 Å². The van der Waals surface area contributed by atoms with Crippen molar-refractivity contribution in [1.82, 2.24) is 25.0 Å². The van der Waals surface area contributed by atoms with Crippen LogP contribution in [-0.2, 0) is 25.9 Å². The summed E-state index contributed by atoms with van der Waals surface area (Å²) in [4.78, 5) is 14.7. The second-order valence-electron chi connectivity index (χ2n) is 7.18. The molecule has 1 aliphatic carbocycles. The lowest BCUT2D eigenvalue weighted by atomic mass is 9.94. The quantitative estimate of drug-likeness (QED) is 0.692. The molecule has 2 amide bonds. The molecule has 134 valence electrons. The lowest BCUT2D eigenvalue weighted by Gasteiger charge is -2.31. The summed E-state index contributed by atoms with van der Waals surface area (Å²) in [6, 6.07) is 8.29. The lowest BCUT2D eigenvalue weighted by Crippen LogP contribution is -2.48. The van der Waals surface area contributed by atoms with E-state index in [0.29, 0.717) is 13.1 Å². The van der Waals surface area contributed by atoms with Gasteiger partial charge in [0, 0.05) is 52.9 Å². The van der Waals surface area contributed by atoms with E-state index in [1.165, 1.54) is 10.9 Å². The molecular formula is C19H20ClN5O. The van der Waals surface area contributed by atoms with E-state index < -0.39 is 0 Å². The van der Waals surface area contributed by atoms with Gasteiger partial charge in [0.2, 0.25) is 0 Å². The van der Waals surface area contributed by atoms with E-state index in [-0.39, 0.29) is 12.1 Å². The second-order valence-corrected chi connectivity index (χ2v) is 7.61. The summed E-state index contributed by atoms with van der Waals surface area (Å²) in [6.07, 6.45) is 4.65. The molecule has 2 N–H and O–H groups in total. The average molecular weight is 370 g/mol. The molecule has 2 aliphatic rings. The molecule has 7 heteroatoms.